The van der Waals surface area contributed by atoms with Crippen molar-refractivity contribution in [3.63, 3.8) is 0 Å². The number of nitrogens with two attached hydrogens (primary N) is 1. The van der Waals surface area contributed by atoms with Gasteiger partial charge in [0.1, 0.15) is 18.1 Å². The quantitative estimate of drug-likeness (QED) is 0.182. The van der Waals surface area contributed by atoms with Crippen LogP contribution in [-0.4, -0.2) is 86.6 Å². The molecule has 37 heavy (non-hydrogen) atoms. The van der Waals surface area contributed by atoms with Crippen molar-refractivity contribution in [1.82, 2.24) is 15.5 Å². The zero-order chi connectivity index (χ0) is 27.5. The van der Waals surface area contributed by atoms with Crippen LogP contribution in [0, 0.1) is 0 Å². The first-order valence-electron chi connectivity index (χ1n) is 11.9. The van der Waals surface area contributed by atoms with E-state index in [1.807, 2.05) is 0 Å². The third kappa shape index (κ3) is 9.18. The summed E-state index contributed by atoms with van der Waals surface area (Å²) in [5.41, 5.74) is 6.74. The third-order valence-corrected chi connectivity index (χ3v) is 6.00. The van der Waals surface area contributed by atoms with E-state index in [1.54, 1.807) is 30.3 Å². The molecule has 0 saturated carbocycles. The minimum Gasteiger partial charge on any atom is -0.481 e. The molecular weight excluding hydrogens is 488 g/mol. The Morgan fingerprint density at radius 2 is 1.46 bits per heavy atom. The van der Waals surface area contributed by atoms with Crippen LogP contribution in [0.4, 0.5) is 0 Å². The van der Waals surface area contributed by atoms with Crippen molar-refractivity contribution in [2.45, 2.75) is 69.1 Å². The van der Waals surface area contributed by atoms with Crippen molar-refractivity contribution in [3.05, 3.63) is 35.9 Å². The van der Waals surface area contributed by atoms with Crippen molar-refractivity contribution < 1.29 is 44.1 Å². The predicted molar refractivity (Wildman–Crippen MR) is 128 cm³/mol. The Balaban J connectivity index is 2.16. The fourth-order valence-corrected chi connectivity index (χ4v) is 4.06. The summed E-state index contributed by atoms with van der Waals surface area (Å²) < 4.78 is 0. The average Bonchev–Trinajstić information content (AvgIpc) is 3.34. The summed E-state index contributed by atoms with van der Waals surface area (Å²) >= 11 is 0. The molecule has 1 aliphatic heterocycles. The minimum atomic E-state index is -1.38. The first-order valence-corrected chi connectivity index (χ1v) is 11.9. The third-order valence-electron chi connectivity index (χ3n) is 6.00. The second-order valence-corrected chi connectivity index (χ2v) is 8.81. The van der Waals surface area contributed by atoms with Gasteiger partial charge in [-0.05, 0) is 37.7 Å². The Kier molecular flexibility index (Phi) is 11.0. The molecule has 1 fully saturated rings. The summed E-state index contributed by atoms with van der Waals surface area (Å²) in [6, 6.07) is 3.96. The van der Waals surface area contributed by atoms with E-state index in [9.17, 15) is 33.9 Å². The number of hydrogen-bond acceptors (Lipinski definition) is 7. The number of nitrogens with zero attached hydrogens (tertiary/aromatic N) is 1. The summed E-state index contributed by atoms with van der Waals surface area (Å²) in [5, 5.41) is 32.3. The molecule has 1 aromatic rings. The number of amides is 3. The van der Waals surface area contributed by atoms with Crippen LogP contribution in [-0.2, 0) is 35.2 Å². The molecule has 0 aliphatic carbocycles. The zero-order valence-corrected chi connectivity index (χ0v) is 20.2. The van der Waals surface area contributed by atoms with Crippen LogP contribution < -0.4 is 16.4 Å². The van der Waals surface area contributed by atoms with Gasteiger partial charge in [0.15, 0.2) is 0 Å². The Morgan fingerprint density at radius 1 is 0.892 bits per heavy atom. The molecule has 13 heteroatoms. The molecule has 0 radical (unpaired) electrons. The van der Waals surface area contributed by atoms with Gasteiger partial charge in [-0.25, -0.2) is 4.79 Å². The van der Waals surface area contributed by atoms with Gasteiger partial charge in [0.2, 0.25) is 17.7 Å². The van der Waals surface area contributed by atoms with Crippen molar-refractivity contribution in [2.24, 2.45) is 5.73 Å². The molecule has 202 valence electrons. The molecule has 4 atom stereocenters. The summed E-state index contributed by atoms with van der Waals surface area (Å²) in [5.74, 6) is -6.05. The number of carboxylic acid groups (broad SMARTS) is 3. The molecule has 4 unspecified atom stereocenters. The van der Waals surface area contributed by atoms with Crippen LogP contribution in [0.1, 0.15) is 44.1 Å². The maximum Gasteiger partial charge on any atom is 0.326 e. The van der Waals surface area contributed by atoms with Gasteiger partial charge < -0.3 is 36.6 Å². The van der Waals surface area contributed by atoms with Gasteiger partial charge in [-0.2, -0.15) is 0 Å². The number of hydrogen-bond donors (Lipinski definition) is 6. The van der Waals surface area contributed by atoms with Gasteiger partial charge in [0.25, 0.3) is 0 Å². The number of likely N-dealkylation sites (tertiary alicyclic amines) is 1. The Morgan fingerprint density at radius 3 is 2.03 bits per heavy atom. The van der Waals surface area contributed by atoms with Gasteiger partial charge in [0, 0.05) is 19.4 Å². The van der Waals surface area contributed by atoms with E-state index in [4.69, 9.17) is 15.9 Å². The zero-order valence-electron chi connectivity index (χ0n) is 20.2. The van der Waals surface area contributed by atoms with Crippen molar-refractivity contribution in [1.29, 1.82) is 0 Å². The Hall–Kier alpha value is -4.00. The first kappa shape index (κ1) is 29.2. The van der Waals surface area contributed by atoms with Crippen LogP contribution in [0.5, 0.6) is 0 Å². The van der Waals surface area contributed by atoms with E-state index in [-0.39, 0.29) is 32.2 Å². The molecule has 0 aromatic heterocycles. The summed E-state index contributed by atoms with van der Waals surface area (Å²) in [6.45, 7) is 0.128. The second kappa shape index (κ2) is 13.9. The maximum atomic E-state index is 13.1. The van der Waals surface area contributed by atoms with E-state index >= 15 is 0 Å². The molecule has 3 amide bonds. The molecule has 2 rings (SSSR count). The highest BCUT2D eigenvalue weighted by Gasteiger charge is 2.38. The van der Waals surface area contributed by atoms with Crippen LogP contribution in [0.25, 0.3) is 0 Å². The molecule has 1 aromatic carbocycles. The predicted octanol–water partition coefficient (Wildman–Crippen LogP) is -0.669. The van der Waals surface area contributed by atoms with Gasteiger partial charge in [-0.1, -0.05) is 30.3 Å². The van der Waals surface area contributed by atoms with Crippen molar-refractivity contribution in [3.8, 4) is 0 Å². The Labute approximate surface area is 213 Å². The SMILES string of the molecule is NC(Cc1ccccc1)C(=O)NC(CCC(=O)O)C(=O)NC(CCC(=O)O)C(=O)N1CCCC1C(=O)O. The lowest BCUT2D eigenvalue weighted by Gasteiger charge is -2.28. The molecule has 0 spiro atoms. The maximum absolute atomic E-state index is 13.1. The standard InChI is InChI=1S/C24H32N4O9/c25-15(13-14-5-2-1-3-6-14)21(33)26-16(8-10-19(29)30)22(34)27-17(9-11-20(31)32)23(35)28-12-4-7-18(28)24(36)37/h1-3,5-6,15-18H,4,7-13,25H2,(H,26,33)(H,27,34)(H,29,30)(H,31,32)(H,36,37). The summed E-state index contributed by atoms with van der Waals surface area (Å²) in [6.07, 6.45) is -0.799. The number of carbonyl (C=O) groups is 6. The largest absolute Gasteiger partial charge is 0.481 e. The topological polar surface area (TPSA) is 216 Å². The Bertz CT molecular complexity index is 1000. The van der Waals surface area contributed by atoms with Crippen LogP contribution in [0.15, 0.2) is 30.3 Å². The van der Waals surface area contributed by atoms with Crippen molar-refractivity contribution in [2.75, 3.05) is 6.54 Å². The van der Waals surface area contributed by atoms with E-state index in [0.717, 1.165) is 10.5 Å². The molecule has 0 bridgehead atoms. The number of carboxylic acids is 3. The molecule has 1 heterocycles. The van der Waals surface area contributed by atoms with Gasteiger partial charge in [0.05, 0.1) is 6.04 Å². The molecular formula is C24H32N4O9. The van der Waals surface area contributed by atoms with E-state index in [0.29, 0.717) is 6.42 Å². The fraction of sp³-hybridized carbons (Fsp3) is 0.500. The first-order chi connectivity index (χ1) is 17.5. The number of nitrogens with one attached hydrogen (secondary N) is 2. The lowest BCUT2D eigenvalue weighted by molar-refractivity contribution is -0.150. The van der Waals surface area contributed by atoms with Crippen LogP contribution in [0.2, 0.25) is 0 Å². The summed E-state index contributed by atoms with van der Waals surface area (Å²) in [7, 11) is 0. The number of benzene rings is 1. The van der Waals surface area contributed by atoms with Crippen molar-refractivity contribution >= 4 is 35.6 Å². The highest BCUT2D eigenvalue weighted by molar-refractivity contribution is 5.94. The lowest BCUT2D eigenvalue weighted by atomic mass is 10.0. The smallest absolute Gasteiger partial charge is 0.326 e. The molecule has 7 N–H and O–H groups in total. The van der Waals surface area contributed by atoms with Crippen LogP contribution >= 0.6 is 0 Å². The fourth-order valence-electron chi connectivity index (χ4n) is 4.06. The lowest BCUT2D eigenvalue weighted by Crippen LogP contribution is -2.57. The number of carbonyl (C=O) groups excluding carboxylic acids is 3. The average molecular weight is 521 g/mol. The number of aliphatic carboxylic acids is 3. The van der Waals surface area contributed by atoms with E-state index in [2.05, 4.69) is 10.6 Å². The highest BCUT2D eigenvalue weighted by atomic mass is 16.4. The highest BCUT2D eigenvalue weighted by Crippen LogP contribution is 2.20. The second-order valence-electron chi connectivity index (χ2n) is 8.81. The molecule has 1 saturated heterocycles. The van der Waals surface area contributed by atoms with Crippen LogP contribution in [0.3, 0.4) is 0 Å². The number of rotatable bonds is 14. The monoisotopic (exact) mass is 520 g/mol. The van der Waals surface area contributed by atoms with E-state index < -0.39 is 72.6 Å². The normalized spacial score (nSPS) is 17.3. The molecule has 1 aliphatic rings. The summed E-state index contributed by atoms with van der Waals surface area (Å²) in [4.78, 5) is 73.7. The molecule has 13 nitrogen and oxygen atoms in total. The van der Waals surface area contributed by atoms with Gasteiger partial charge in [-0.15, -0.1) is 0 Å². The van der Waals surface area contributed by atoms with Gasteiger partial charge >= 0.3 is 17.9 Å². The minimum absolute atomic E-state index is 0.128. The van der Waals surface area contributed by atoms with E-state index in [1.165, 1.54) is 0 Å². The van der Waals surface area contributed by atoms with Gasteiger partial charge in [-0.3, -0.25) is 24.0 Å².